The molecule has 19 heavy (non-hydrogen) atoms. The topological polar surface area (TPSA) is 68.0 Å². The lowest BCUT2D eigenvalue weighted by molar-refractivity contribution is -0.116. The van der Waals surface area contributed by atoms with Crippen LogP contribution in [-0.2, 0) is 4.79 Å². The van der Waals surface area contributed by atoms with Gasteiger partial charge >= 0.3 is 0 Å². The van der Waals surface area contributed by atoms with Gasteiger partial charge in [0.25, 0.3) is 0 Å². The van der Waals surface area contributed by atoms with Crippen LogP contribution in [0.1, 0.15) is 18.0 Å². The van der Waals surface area contributed by atoms with Crippen molar-refractivity contribution in [1.82, 2.24) is 4.98 Å². The highest BCUT2D eigenvalue weighted by Crippen LogP contribution is 2.15. The smallest absolute Gasteiger partial charge is 0.227 e. The molecule has 0 saturated carbocycles. The number of rotatable bonds is 4. The van der Waals surface area contributed by atoms with E-state index in [0.29, 0.717) is 10.8 Å². The van der Waals surface area contributed by atoms with Gasteiger partial charge in [-0.15, -0.1) is 0 Å². The molecule has 0 fully saturated rings. The lowest BCUT2D eigenvalue weighted by Crippen LogP contribution is -2.20. The number of aromatic nitrogens is 1. The van der Waals surface area contributed by atoms with Gasteiger partial charge in [0.15, 0.2) is 0 Å². The van der Waals surface area contributed by atoms with Crippen molar-refractivity contribution in [2.45, 2.75) is 12.5 Å². The van der Waals surface area contributed by atoms with Gasteiger partial charge in [0.05, 0.1) is 0 Å². The zero-order valence-electron chi connectivity index (χ0n) is 10.2. The summed E-state index contributed by atoms with van der Waals surface area (Å²) in [7, 11) is 0. The van der Waals surface area contributed by atoms with Crippen LogP contribution in [0.15, 0.2) is 48.7 Å². The van der Waals surface area contributed by atoms with E-state index in [2.05, 4.69) is 10.3 Å². The fourth-order valence-electron chi connectivity index (χ4n) is 1.68. The second kappa shape index (κ2) is 6.31. The molecule has 0 saturated heterocycles. The van der Waals surface area contributed by atoms with E-state index in [4.69, 9.17) is 17.3 Å². The van der Waals surface area contributed by atoms with Gasteiger partial charge < -0.3 is 11.1 Å². The van der Waals surface area contributed by atoms with E-state index in [-0.39, 0.29) is 18.4 Å². The molecule has 0 aliphatic heterocycles. The van der Waals surface area contributed by atoms with Gasteiger partial charge in [-0.3, -0.25) is 4.79 Å². The number of nitrogens with two attached hydrogens (primary N) is 1. The molecule has 1 amide bonds. The summed E-state index contributed by atoms with van der Waals surface area (Å²) in [6, 6.07) is 12.4. The summed E-state index contributed by atoms with van der Waals surface area (Å²) in [4.78, 5) is 15.8. The molecule has 4 nitrogen and oxygen atoms in total. The fraction of sp³-hybridized carbons (Fsp3) is 0.143. The molecule has 0 radical (unpaired) electrons. The normalized spacial score (nSPS) is 11.9. The summed E-state index contributed by atoms with van der Waals surface area (Å²) in [5.41, 5.74) is 6.90. The molecule has 2 aromatic rings. The summed E-state index contributed by atoms with van der Waals surface area (Å²) < 4.78 is 0. The molecule has 0 aliphatic rings. The predicted octanol–water partition coefficient (Wildman–Crippen LogP) is 2.76. The van der Waals surface area contributed by atoms with Crippen molar-refractivity contribution in [2.24, 2.45) is 5.73 Å². The molecule has 1 atom stereocenters. The Bertz CT molecular complexity index is 560. The maximum Gasteiger partial charge on any atom is 0.227 e. The monoisotopic (exact) mass is 275 g/mol. The third kappa shape index (κ3) is 4.05. The van der Waals surface area contributed by atoms with Crippen LogP contribution in [0.4, 0.5) is 5.82 Å². The number of anilines is 1. The van der Waals surface area contributed by atoms with Crippen LogP contribution in [0.25, 0.3) is 0 Å². The van der Waals surface area contributed by atoms with Crippen molar-refractivity contribution in [3.63, 3.8) is 0 Å². The zero-order chi connectivity index (χ0) is 13.7. The average molecular weight is 276 g/mol. The first-order valence-corrected chi connectivity index (χ1v) is 6.25. The minimum absolute atomic E-state index is 0.189. The summed E-state index contributed by atoms with van der Waals surface area (Å²) in [5, 5.41) is 3.19. The van der Waals surface area contributed by atoms with Gasteiger partial charge in [-0.05, 0) is 17.7 Å². The molecule has 0 bridgehead atoms. The quantitative estimate of drug-likeness (QED) is 0.901. The molecule has 3 N–H and O–H groups in total. The minimum atomic E-state index is -0.333. The number of hydrogen-bond donors (Lipinski definition) is 2. The Morgan fingerprint density at radius 3 is 2.74 bits per heavy atom. The number of carbonyl (C=O) groups excluding carboxylic acids is 1. The van der Waals surface area contributed by atoms with Gasteiger partial charge in [-0.2, -0.15) is 0 Å². The van der Waals surface area contributed by atoms with Crippen molar-refractivity contribution in [3.05, 3.63) is 59.2 Å². The molecule has 1 heterocycles. The molecular formula is C14H14ClN3O. The average Bonchev–Trinajstić information content (AvgIpc) is 2.39. The number of amides is 1. The van der Waals surface area contributed by atoms with Crippen LogP contribution in [0.5, 0.6) is 0 Å². The maximum absolute atomic E-state index is 11.8. The molecule has 2 rings (SSSR count). The van der Waals surface area contributed by atoms with Crippen molar-refractivity contribution in [2.75, 3.05) is 5.32 Å². The predicted molar refractivity (Wildman–Crippen MR) is 75.9 cm³/mol. The molecule has 5 heteroatoms. The molecule has 1 aromatic heterocycles. The van der Waals surface area contributed by atoms with Gasteiger partial charge in [-0.1, -0.05) is 41.9 Å². The summed E-state index contributed by atoms with van der Waals surface area (Å²) in [6.07, 6.45) is 1.73. The zero-order valence-corrected chi connectivity index (χ0v) is 11.0. The van der Waals surface area contributed by atoms with Crippen LogP contribution < -0.4 is 11.1 Å². The molecule has 0 spiro atoms. The number of nitrogens with zero attached hydrogens (tertiary/aromatic N) is 1. The molecular weight excluding hydrogens is 262 g/mol. The Labute approximate surface area is 116 Å². The molecule has 98 valence electrons. The number of nitrogens with one attached hydrogen (secondary N) is 1. The number of hydrogen-bond acceptors (Lipinski definition) is 3. The fourth-order valence-corrected chi connectivity index (χ4v) is 1.84. The maximum atomic E-state index is 11.8. The number of benzene rings is 1. The first-order chi connectivity index (χ1) is 9.15. The van der Waals surface area contributed by atoms with Gasteiger partial charge in [0.2, 0.25) is 5.91 Å². The standard InChI is InChI=1S/C14H14ClN3O/c15-11-6-7-17-13(8-11)18-14(19)9-12(16)10-4-2-1-3-5-10/h1-8,12H,9,16H2,(H,17,18,19). The van der Waals surface area contributed by atoms with E-state index in [1.54, 1.807) is 12.1 Å². The van der Waals surface area contributed by atoms with Crippen molar-refractivity contribution >= 4 is 23.3 Å². The third-order valence-corrected chi connectivity index (χ3v) is 2.86. The first-order valence-electron chi connectivity index (χ1n) is 5.87. The Morgan fingerprint density at radius 2 is 2.05 bits per heavy atom. The van der Waals surface area contributed by atoms with E-state index >= 15 is 0 Å². The minimum Gasteiger partial charge on any atom is -0.324 e. The Kier molecular flexibility index (Phi) is 4.49. The van der Waals surface area contributed by atoms with E-state index in [0.717, 1.165) is 5.56 Å². The van der Waals surface area contributed by atoms with Crippen LogP contribution in [0.2, 0.25) is 5.02 Å². The summed E-state index contributed by atoms with van der Waals surface area (Å²) in [5.74, 6) is 0.240. The summed E-state index contributed by atoms with van der Waals surface area (Å²) >= 11 is 5.81. The van der Waals surface area contributed by atoms with Gasteiger partial charge in [0.1, 0.15) is 5.82 Å². The first kappa shape index (κ1) is 13.5. The van der Waals surface area contributed by atoms with E-state index in [1.807, 2.05) is 30.3 Å². The van der Waals surface area contributed by atoms with E-state index in [9.17, 15) is 4.79 Å². The Balaban J connectivity index is 1.95. The van der Waals surface area contributed by atoms with Crippen LogP contribution in [-0.4, -0.2) is 10.9 Å². The van der Waals surface area contributed by atoms with Gasteiger partial charge in [0, 0.05) is 23.7 Å². The lowest BCUT2D eigenvalue weighted by Gasteiger charge is -2.11. The van der Waals surface area contributed by atoms with Crippen molar-refractivity contribution < 1.29 is 4.79 Å². The lowest BCUT2D eigenvalue weighted by atomic mass is 10.0. The Morgan fingerprint density at radius 1 is 1.32 bits per heavy atom. The van der Waals surface area contributed by atoms with Crippen LogP contribution in [0, 0.1) is 0 Å². The molecule has 1 aromatic carbocycles. The highest BCUT2D eigenvalue weighted by Gasteiger charge is 2.11. The van der Waals surface area contributed by atoms with E-state index in [1.165, 1.54) is 6.20 Å². The van der Waals surface area contributed by atoms with Crippen LogP contribution >= 0.6 is 11.6 Å². The number of pyridine rings is 1. The second-order valence-corrected chi connectivity index (χ2v) is 4.57. The van der Waals surface area contributed by atoms with Crippen molar-refractivity contribution in [3.8, 4) is 0 Å². The highest BCUT2D eigenvalue weighted by molar-refractivity contribution is 6.30. The second-order valence-electron chi connectivity index (χ2n) is 4.13. The Hall–Kier alpha value is -1.91. The van der Waals surface area contributed by atoms with Crippen molar-refractivity contribution in [1.29, 1.82) is 0 Å². The van der Waals surface area contributed by atoms with Gasteiger partial charge in [-0.25, -0.2) is 4.98 Å². The largest absolute Gasteiger partial charge is 0.324 e. The van der Waals surface area contributed by atoms with Crippen LogP contribution in [0.3, 0.4) is 0 Å². The summed E-state index contributed by atoms with van der Waals surface area (Å²) in [6.45, 7) is 0. The SMILES string of the molecule is NC(CC(=O)Nc1cc(Cl)ccn1)c1ccccc1. The number of halogens is 1. The highest BCUT2D eigenvalue weighted by atomic mass is 35.5. The molecule has 1 unspecified atom stereocenters. The third-order valence-electron chi connectivity index (χ3n) is 2.62. The molecule has 0 aliphatic carbocycles. The van der Waals surface area contributed by atoms with E-state index < -0.39 is 0 Å². The number of carbonyl (C=O) groups is 1.